The predicted octanol–water partition coefficient (Wildman–Crippen LogP) is 1.15. The van der Waals surface area contributed by atoms with E-state index in [-0.39, 0.29) is 17.9 Å². The van der Waals surface area contributed by atoms with Gasteiger partial charge in [-0.3, -0.25) is 24.5 Å². The quantitative estimate of drug-likeness (QED) is 0.495. The molecule has 1 saturated heterocycles. The highest BCUT2D eigenvalue weighted by atomic mass is 32.2. The number of esters is 1. The fourth-order valence-corrected chi connectivity index (χ4v) is 2.49. The number of rotatable bonds is 5. The maximum absolute atomic E-state index is 11.8. The molecule has 1 atom stereocenters. The van der Waals surface area contributed by atoms with Crippen LogP contribution in [0.2, 0.25) is 0 Å². The van der Waals surface area contributed by atoms with Crippen molar-refractivity contribution < 1.29 is 28.7 Å². The Morgan fingerprint density at radius 3 is 2.71 bits per heavy atom. The Morgan fingerprint density at radius 2 is 2.14 bits per heavy atom. The lowest BCUT2D eigenvalue weighted by Gasteiger charge is -2.10. The molecule has 2 rings (SSSR count). The Hall–Kier alpha value is -2.35. The molecule has 1 aromatic carbocycles. The molecule has 1 aromatic rings. The van der Waals surface area contributed by atoms with Gasteiger partial charge in [-0.25, -0.2) is 0 Å². The van der Waals surface area contributed by atoms with Crippen LogP contribution < -0.4 is 14.8 Å². The summed E-state index contributed by atoms with van der Waals surface area (Å²) in [6.07, 6.45) is 0.403. The van der Waals surface area contributed by atoms with Gasteiger partial charge in [0.1, 0.15) is 11.5 Å². The van der Waals surface area contributed by atoms with Crippen molar-refractivity contribution in [1.82, 2.24) is 5.32 Å². The number of benzene rings is 1. The van der Waals surface area contributed by atoms with Crippen molar-refractivity contribution in [2.24, 2.45) is 0 Å². The normalized spacial score (nSPS) is 17.3. The molecule has 1 N–H and O–H groups in total. The van der Waals surface area contributed by atoms with Crippen LogP contribution in [0, 0.1) is 0 Å². The van der Waals surface area contributed by atoms with Crippen LogP contribution in [-0.4, -0.2) is 35.8 Å². The second-order valence-corrected chi connectivity index (χ2v) is 5.27. The first-order chi connectivity index (χ1) is 10.0. The van der Waals surface area contributed by atoms with Gasteiger partial charge in [0.05, 0.1) is 13.5 Å². The molecule has 0 unspecified atom stereocenters. The molecule has 21 heavy (non-hydrogen) atoms. The van der Waals surface area contributed by atoms with Crippen molar-refractivity contribution in [1.29, 1.82) is 0 Å². The van der Waals surface area contributed by atoms with Gasteiger partial charge >= 0.3 is 5.97 Å². The van der Waals surface area contributed by atoms with Crippen LogP contribution in [-0.2, 0) is 9.59 Å². The summed E-state index contributed by atoms with van der Waals surface area (Å²) in [5.74, 6) is -0.810. The van der Waals surface area contributed by atoms with E-state index in [0.717, 1.165) is 11.8 Å². The van der Waals surface area contributed by atoms with E-state index in [2.05, 4.69) is 5.32 Å². The topological polar surface area (TPSA) is 98.8 Å². The van der Waals surface area contributed by atoms with Gasteiger partial charge < -0.3 is 9.47 Å². The summed E-state index contributed by atoms with van der Waals surface area (Å²) < 4.78 is 10.1. The highest BCUT2D eigenvalue weighted by Crippen LogP contribution is 2.29. The van der Waals surface area contributed by atoms with Gasteiger partial charge in [0.15, 0.2) is 11.5 Å². The number of nitrogens with one attached hydrogen (secondary N) is 1. The number of thioether (sulfide) groups is 1. The van der Waals surface area contributed by atoms with Gasteiger partial charge in [-0.15, -0.1) is 0 Å². The smallest absolute Gasteiger partial charge is 0.312 e. The summed E-state index contributed by atoms with van der Waals surface area (Å²) >= 11 is 0.751. The first-order valence-electron chi connectivity index (χ1n) is 5.89. The number of imide groups is 1. The molecule has 1 heterocycles. The Bertz CT molecular complexity index is 615. The Labute approximate surface area is 124 Å². The standard InChI is InChI=1S/C13H11NO6S/c1-19-9-4-7(6-15)2-3-8(9)20-11(16)5-10-12(17)14-13(18)21-10/h2-4,6,10H,5H2,1H3,(H,14,17,18)/t10-/m1/s1. The predicted molar refractivity (Wildman–Crippen MR) is 73.6 cm³/mol. The highest BCUT2D eigenvalue weighted by Gasteiger charge is 2.34. The minimum absolute atomic E-state index is 0.142. The fourth-order valence-electron chi connectivity index (χ4n) is 1.69. The molecule has 0 bridgehead atoms. The summed E-state index contributed by atoms with van der Waals surface area (Å²) in [6.45, 7) is 0. The Morgan fingerprint density at radius 1 is 1.38 bits per heavy atom. The van der Waals surface area contributed by atoms with E-state index in [9.17, 15) is 19.2 Å². The lowest BCUT2D eigenvalue weighted by Crippen LogP contribution is -2.27. The van der Waals surface area contributed by atoms with E-state index in [1.165, 1.54) is 25.3 Å². The van der Waals surface area contributed by atoms with Crippen molar-refractivity contribution in [2.75, 3.05) is 7.11 Å². The second kappa shape index (κ2) is 6.40. The lowest BCUT2D eigenvalue weighted by molar-refractivity contribution is -0.136. The first-order valence-corrected chi connectivity index (χ1v) is 6.77. The first kappa shape index (κ1) is 15.0. The Balaban J connectivity index is 2.04. The van der Waals surface area contributed by atoms with Crippen molar-refractivity contribution in [2.45, 2.75) is 11.7 Å². The Kier molecular flexibility index (Phi) is 4.59. The average Bonchev–Trinajstić information content (AvgIpc) is 2.77. The summed E-state index contributed by atoms with van der Waals surface area (Å²) in [4.78, 5) is 44.8. The van der Waals surface area contributed by atoms with Gasteiger partial charge in [-0.05, 0) is 18.2 Å². The van der Waals surface area contributed by atoms with Crippen LogP contribution in [0.4, 0.5) is 4.79 Å². The SMILES string of the molecule is COc1cc(C=O)ccc1OC(=O)C[C@H]1SC(=O)NC1=O. The maximum Gasteiger partial charge on any atom is 0.312 e. The van der Waals surface area contributed by atoms with Crippen molar-refractivity contribution >= 4 is 35.2 Å². The molecular formula is C13H11NO6S. The van der Waals surface area contributed by atoms with Crippen molar-refractivity contribution in [3.63, 3.8) is 0 Å². The van der Waals surface area contributed by atoms with E-state index >= 15 is 0 Å². The summed E-state index contributed by atoms with van der Waals surface area (Å²) in [6, 6.07) is 4.32. The third-order valence-corrected chi connectivity index (χ3v) is 3.65. The molecule has 0 radical (unpaired) electrons. The van der Waals surface area contributed by atoms with Crippen LogP contribution in [0.3, 0.4) is 0 Å². The number of carbonyl (C=O) groups is 4. The number of aldehydes is 1. The van der Waals surface area contributed by atoms with Crippen LogP contribution in [0.25, 0.3) is 0 Å². The minimum Gasteiger partial charge on any atom is -0.493 e. The fraction of sp³-hybridized carbons (Fsp3) is 0.231. The summed E-state index contributed by atoms with van der Waals surface area (Å²) in [7, 11) is 1.38. The number of carbonyl (C=O) groups excluding carboxylic acids is 4. The number of methoxy groups -OCH3 is 1. The van der Waals surface area contributed by atoms with Gasteiger partial charge in [0.25, 0.3) is 5.24 Å². The number of hydrogen-bond donors (Lipinski definition) is 1. The zero-order valence-electron chi connectivity index (χ0n) is 11.0. The zero-order chi connectivity index (χ0) is 15.4. The third-order valence-electron chi connectivity index (χ3n) is 2.67. The minimum atomic E-state index is -0.787. The maximum atomic E-state index is 11.8. The molecule has 1 aliphatic rings. The van der Waals surface area contributed by atoms with E-state index < -0.39 is 22.4 Å². The summed E-state index contributed by atoms with van der Waals surface area (Å²) in [5, 5.41) is 0.820. The molecule has 0 aromatic heterocycles. The average molecular weight is 309 g/mol. The third kappa shape index (κ3) is 3.60. The molecule has 0 aliphatic carbocycles. The van der Waals surface area contributed by atoms with Crippen molar-refractivity contribution in [3.05, 3.63) is 23.8 Å². The van der Waals surface area contributed by atoms with E-state index in [1.54, 1.807) is 0 Å². The molecular weight excluding hydrogens is 298 g/mol. The number of ether oxygens (including phenoxy) is 2. The summed E-state index contributed by atoms with van der Waals surface area (Å²) in [5.41, 5.74) is 0.378. The van der Waals surface area contributed by atoms with Gasteiger partial charge in [-0.1, -0.05) is 11.8 Å². The monoisotopic (exact) mass is 309 g/mol. The van der Waals surface area contributed by atoms with Gasteiger partial charge in [0.2, 0.25) is 5.91 Å². The van der Waals surface area contributed by atoms with E-state index in [4.69, 9.17) is 9.47 Å². The molecule has 0 spiro atoms. The van der Waals surface area contributed by atoms with Crippen molar-refractivity contribution in [3.8, 4) is 11.5 Å². The highest BCUT2D eigenvalue weighted by molar-refractivity contribution is 8.15. The number of hydrogen-bond acceptors (Lipinski definition) is 7. The zero-order valence-corrected chi connectivity index (χ0v) is 11.8. The molecule has 7 nitrogen and oxygen atoms in total. The lowest BCUT2D eigenvalue weighted by atomic mass is 10.2. The van der Waals surface area contributed by atoms with Gasteiger partial charge in [-0.2, -0.15) is 0 Å². The van der Waals surface area contributed by atoms with Crippen LogP contribution in [0.5, 0.6) is 11.5 Å². The van der Waals surface area contributed by atoms with Crippen LogP contribution >= 0.6 is 11.8 Å². The molecule has 1 fully saturated rings. The molecule has 8 heteroatoms. The van der Waals surface area contributed by atoms with E-state index in [0.29, 0.717) is 11.8 Å². The molecule has 110 valence electrons. The van der Waals surface area contributed by atoms with Crippen LogP contribution in [0.15, 0.2) is 18.2 Å². The second-order valence-electron chi connectivity index (χ2n) is 4.09. The van der Waals surface area contributed by atoms with Gasteiger partial charge in [0, 0.05) is 5.56 Å². The molecule has 0 saturated carbocycles. The number of amides is 2. The molecule has 2 amide bonds. The molecule has 1 aliphatic heterocycles. The van der Waals surface area contributed by atoms with Crippen LogP contribution in [0.1, 0.15) is 16.8 Å². The van der Waals surface area contributed by atoms with E-state index in [1.807, 2.05) is 0 Å². The largest absolute Gasteiger partial charge is 0.493 e.